The highest BCUT2D eigenvalue weighted by molar-refractivity contribution is 6.00. The van der Waals surface area contributed by atoms with Gasteiger partial charge in [0, 0.05) is 6.04 Å². The molecule has 1 aliphatic carbocycles. The summed E-state index contributed by atoms with van der Waals surface area (Å²) >= 11 is 0. The second-order valence-corrected chi connectivity index (χ2v) is 10.6. The minimum atomic E-state index is -1.16. The Labute approximate surface area is 251 Å². The van der Waals surface area contributed by atoms with Crippen molar-refractivity contribution in [3.8, 4) is 17.2 Å². The maximum atomic E-state index is 13.2. The Kier molecular flexibility index (Phi) is 11.8. The highest BCUT2D eigenvalue weighted by atomic mass is 16.5. The molecule has 2 atom stereocenters. The second-order valence-electron chi connectivity index (χ2n) is 10.6. The summed E-state index contributed by atoms with van der Waals surface area (Å²) < 4.78 is 17.7. The molecule has 43 heavy (non-hydrogen) atoms. The fourth-order valence-electron chi connectivity index (χ4n) is 5.20. The number of aromatic carboxylic acids is 1. The number of nitrogens with one attached hydrogen (secondary N) is 1. The number of rotatable bonds is 16. The number of unbranched alkanes of at least 4 members (excludes halogenated alkanes) is 1. The lowest BCUT2D eigenvalue weighted by atomic mass is 9.84. The number of aryl methyl sites for hydroxylation is 1. The molecule has 3 aromatic rings. The Morgan fingerprint density at radius 1 is 0.744 bits per heavy atom. The predicted molar refractivity (Wildman–Crippen MR) is 161 cm³/mol. The lowest BCUT2D eigenvalue weighted by Gasteiger charge is -2.29. The van der Waals surface area contributed by atoms with E-state index in [1.165, 1.54) is 18.2 Å². The first-order chi connectivity index (χ1) is 20.9. The molecule has 1 fully saturated rings. The number of carbonyl (C=O) groups is 3. The first kappa shape index (κ1) is 31.4. The molecule has 1 amide bonds. The topological polar surface area (TPSA) is 131 Å². The summed E-state index contributed by atoms with van der Waals surface area (Å²) in [5, 5.41) is 21.9. The largest absolute Gasteiger partial charge is 0.494 e. The summed E-state index contributed by atoms with van der Waals surface area (Å²) in [5.41, 5.74) is 1.08. The quantitative estimate of drug-likeness (QED) is 0.173. The van der Waals surface area contributed by atoms with Crippen molar-refractivity contribution in [3.05, 3.63) is 89.5 Å². The fourth-order valence-corrected chi connectivity index (χ4v) is 5.20. The molecule has 0 saturated heterocycles. The van der Waals surface area contributed by atoms with Gasteiger partial charge in [0.25, 0.3) is 5.91 Å². The van der Waals surface area contributed by atoms with Crippen LogP contribution in [0.15, 0.2) is 72.8 Å². The third kappa shape index (κ3) is 9.49. The van der Waals surface area contributed by atoms with Gasteiger partial charge in [-0.05, 0) is 80.5 Å². The van der Waals surface area contributed by atoms with Gasteiger partial charge in [-0.3, -0.25) is 9.59 Å². The van der Waals surface area contributed by atoms with Gasteiger partial charge < -0.3 is 29.7 Å². The Balaban J connectivity index is 1.28. The van der Waals surface area contributed by atoms with Crippen LogP contribution in [-0.2, 0) is 11.2 Å². The van der Waals surface area contributed by atoms with Crippen LogP contribution in [0, 0.1) is 5.92 Å². The van der Waals surface area contributed by atoms with Crippen molar-refractivity contribution in [1.82, 2.24) is 5.32 Å². The van der Waals surface area contributed by atoms with E-state index >= 15 is 0 Å². The number of aliphatic carboxylic acids is 1. The van der Waals surface area contributed by atoms with E-state index in [1.54, 1.807) is 0 Å². The minimum absolute atomic E-state index is 0.0476. The second kappa shape index (κ2) is 16.2. The van der Waals surface area contributed by atoms with Crippen LogP contribution in [0.4, 0.5) is 0 Å². The fraction of sp³-hybridized carbons (Fsp3) is 0.382. The average Bonchev–Trinajstić information content (AvgIpc) is 3.02. The van der Waals surface area contributed by atoms with Crippen molar-refractivity contribution in [2.75, 3.05) is 19.8 Å². The van der Waals surface area contributed by atoms with Crippen molar-refractivity contribution in [2.24, 2.45) is 5.92 Å². The molecule has 0 spiro atoms. The maximum absolute atomic E-state index is 13.2. The van der Waals surface area contributed by atoms with Gasteiger partial charge in [0.05, 0.1) is 36.9 Å². The number of ether oxygens (including phenoxy) is 3. The van der Waals surface area contributed by atoms with Gasteiger partial charge in [-0.25, -0.2) is 4.79 Å². The van der Waals surface area contributed by atoms with Gasteiger partial charge in [-0.2, -0.15) is 0 Å². The van der Waals surface area contributed by atoms with E-state index in [0.29, 0.717) is 45.5 Å². The molecule has 3 aromatic carbocycles. The minimum Gasteiger partial charge on any atom is -0.494 e. The van der Waals surface area contributed by atoms with Crippen LogP contribution in [0.25, 0.3) is 0 Å². The van der Waals surface area contributed by atoms with Crippen LogP contribution in [0.3, 0.4) is 0 Å². The summed E-state index contributed by atoms with van der Waals surface area (Å²) in [6, 6.07) is 21.2. The van der Waals surface area contributed by atoms with Crippen LogP contribution in [0.2, 0.25) is 0 Å². The number of carboxylic acids is 2. The smallest absolute Gasteiger partial charge is 0.335 e. The Morgan fingerprint density at radius 2 is 1.42 bits per heavy atom. The molecule has 0 radical (unpaired) electrons. The SMILES string of the molecule is O=C(O)c1ccc(OCCCc2ccccc2OCCCCOc2ccccc2)c(C(=O)NC2CCCCC2C(=O)O)c1. The number of benzene rings is 3. The predicted octanol–water partition coefficient (Wildman–Crippen LogP) is 6.01. The van der Waals surface area contributed by atoms with Crippen molar-refractivity contribution in [3.63, 3.8) is 0 Å². The zero-order valence-corrected chi connectivity index (χ0v) is 24.2. The molecule has 0 aliphatic heterocycles. The maximum Gasteiger partial charge on any atom is 0.335 e. The van der Waals surface area contributed by atoms with Crippen molar-refractivity contribution < 1.29 is 38.8 Å². The normalized spacial score (nSPS) is 16.2. The van der Waals surface area contributed by atoms with Crippen molar-refractivity contribution in [1.29, 1.82) is 0 Å². The molecule has 0 bridgehead atoms. The average molecular weight is 590 g/mol. The summed E-state index contributed by atoms with van der Waals surface area (Å²) in [5.74, 6) is -1.38. The Hall–Kier alpha value is -4.53. The molecule has 4 rings (SSSR count). The van der Waals surface area contributed by atoms with Crippen molar-refractivity contribution in [2.45, 2.75) is 57.4 Å². The lowest BCUT2D eigenvalue weighted by Crippen LogP contribution is -2.45. The van der Waals surface area contributed by atoms with E-state index in [9.17, 15) is 24.6 Å². The summed E-state index contributed by atoms with van der Waals surface area (Å²) in [6.07, 6.45) is 5.72. The third-order valence-electron chi connectivity index (χ3n) is 7.50. The molecule has 2 unspecified atom stereocenters. The standard InChI is InChI=1S/C34H39NO8/c36-32(35-29-16-6-5-15-27(29)34(39)40)28-23-25(33(37)38)18-19-31(28)43-22-10-12-24-11-4-7-17-30(24)42-21-9-8-20-41-26-13-2-1-3-14-26/h1-4,7,11,13-14,17-19,23,27,29H,5-6,8-10,12,15-16,20-22H2,(H,35,36)(H,37,38)(H,39,40). The molecule has 228 valence electrons. The van der Waals surface area contributed by atoms with E-state index in [4.69, 9.17) is 14.2 Å². The van der Waals surface area contributed by atoms with Crippen LogP contribution in [-0.4, -0.2) is 53.9 Å². The molecule has 9 nitrogen and oxygen atoms in total. The van der Waals surface area contributed by atoms with Gasteiger partial charge in [0.1, 0.15) is 17.2 Å². The monoisotopic (exact) mass is 589 g/mol. The molecular formula is C34H39NO8. The van der Waals surface area contributed by atoms with E-state index in [1.807, 2.05) is 54.6 Å². The molecule has 3 N–H and O–H groups in total. The van der Waals surface area contributed by atoms with E-state index in [-0.39, 0.29) is 16.9 Å². The zero-order chi connectivity index (χ0) is 30.4. The number of para-hydroxylation sites is 2. The first-order valence-electron chi connectivity index (χ1n) is 14.8. The van der Waals surface area contributed by atoms with Crippen molar-refractivity contribution >= 4 is 17.8 Å². The van der Waals surface area contributed by atoms with Gasteiger partial charge in [0.15, 0.2) is 0 Å². The third-order valence-corrected chi connectivity index (χ3v) is 7.50. The van der Waals surface area contributed by atoms with Crippen LogP contribution in [0.1, 0.15) is 71.2 Å². The number of carboxylic acid groups (broad SMARTS) is 2. The summed E-state index contributed by atoms with van der Waals surface area (Å²) in [6.45, 7) is 1.49. The molecule has 0 heterocycles. The van der Waals surface area contributed by atoms with Crippen LogP contribution < -0.4 is 19.5 Å². The highest BCUT2D eigenvalue weighted by Gasteiger charge is 2.32. The van der Waals surface area contributed by atoms with Gasteiger partial charge >= 0.3 is 11.9 Å². The molecule has 1 aliphatic rings. The number of amides is 1. The number of carbonyl (C=O) groups excluding carboxylic acids is 1. The summed E-state index contributed by atoms with van der Waals surface area (Å²) in [4.78, 5) is 36.5. The van der Waals surface area contributed by atoms with Crippen LogP contribution in [0.5, 0.6) is 17.2 Å². The Bertz CT molecular complexity index is 1360. The van der Waals surface area contributed by atoms with E-state index in [2.05, 4.69) is 5.32 Å². The van der Waals surface area contributed by atoms with Gasteiger partial charge in [-0.15, -0.1) is 0 Å². The molecule has 0 aromatic heterocycles. The van der Waals surface area contributed by atoms with Gasteiger partial charge in [-0.1, -0.05) is 49.2 Å². The number of hydrogen-bond acceptors (Lipinski definition) is 6. The number of hydrogen-bond donors (Lipinski definition) is 3. The molecule has 9 heteroatoms. The molecule has 1 saturated carbocycles. The van der Waals surface area contributed by atoms with Crippen LogP contribution >= 0.6 is 0 Å². The summed E-state index contributed by atoms with van der Waals surface area (Å²) in [7, 11) is 0. The van der Waals surface area contributed by atoms with E-state index < -0.39 is 29.8 Å². The highest BCUT2D eigenvalue weighted by Crippen LogP contribution is 2.27. The first-order valence-corrected chi connectivity index (χ1v) is 14.8. The Morgan fingerprint density at radius 3 is 2.19 bits per heavy atom. The van der Waals surface area contributed by atoms with E-state index in [0.717, 1.165) is 42.7 Å². The lowest BCUT2D eigenvalue weighted by molar-refractivity contribution is -0.143. The zero-order valence-electron chi connectivity index (χ0n) is 24.2. The van der Waals surface area contributed by atoms with Gasteiger partial charge in [0.2, 0.25) is 0 Å². The molecular weight excluding hydrogens is 550 g/mol.